The van der Waals surface area contributed by atoms with E-state index >= 15 is 0 Å². The minimum Gasteiger partial charge on any atom is -0.363 e. The molecular formula is C17H20N8O. The van der Waals surface area contributed by atoms with Crippen molar-refractivity contribution in [1.29, 1.82) is 0 Å². The second kappa shape index (κ2) is 5.52. The van der Waals surface area contributed by atoms with Gasteiger partial charge in [0.1, 0.15) is 5.82 Å². The molecule has 1 amide bonds. The predicted octanol–water partition coefficient (Wildman–Crippen LogP) is 1.08. The number of carbonyl (C=O) groups excluding carboxylic acids is 1. The van der Waals surface area contributed by atoms with Gasteiger partial charge in [0.25, 0.3) is 0 Å². The fourth-order valence-electron chi connectivity index (χ4n) is 3.85. The largest absolute Gasteiger partial charge is 0.363 e. The van der Waals surface area contributed by atoms with Crippen LogP contribution in [0.1, 0.15) is 36.8 Å². The van der Waals surface area contributed by atoms with Crippen LogP contribution in [0.25, 0.3) is 5.65 Å². The fraction of sp³-hybridized carbons (Fsp3) is 0.471. The van der Waals surface area contributed by atoms with Crippen LogP contribution in [0.3, 0.4) is 0 Å². The highest BCUT2D eigenvalue weighted by molar-refractivity contribution is 5.81. The van der Waals surface area contributed by atoms with Crippen molar-refractivity contribution in [3.05, 3.63) is 35.9 Å². The molecule has 3 aromatic heterocycles. The van der Waals surface area contributed by atoms with Crippen molar-refractivity contribution in [2.45, 2.75) is 44.3 Å². The van der Waals surface area contributed by atoms with Gasteiger partial charge in [0.05, 0.1) is 17.8 Å². The number of amides is 1. The van der Waals surface area contributed by atoms with Crippen molar-refractivity contribution in [2.24, 2.45) is 7.05 Å². The van der Waals surface area contributed by atoms with E-state index in [2.05, 4.69) is 25.7 Å². The Morgan fingerprint density at radius 1 is 1.19 bits per heavy atom. The number of nitrogens with one attached hydrogen (secondary N) is 1. The molecule has 134 valence electrons. The number of likely N-dealkylation sites (tertiary alicyclic amines) is 1. The van der Waals surface area contributed by atoms with Gasteiger partial charge in [-0.15, -0.1) is 15.3 Å². The molecule has 0 bridgehead atoms. The Labute approximate surface area is 150 Å². The van der Waals surface area contributed by atoms with E-state index in [-0.39, 0.29) is 18.0 Å². The molecule has 9 nitrogen and oxygen atoms in total. The molecule has 0 unspecified atom stereocenters. The highest BCUT2D eigenvalue weighted by Gasteiger charge is 2.48. The minimum atomic E-state index is -0.0553. The SMILES string of the molecule is Cc1nnc2ccc(N[C@@H]3CC(=O)N(C4CC4)[C@H]3c3ccnn3C)nn12. The molecule has 0 spiro atoms. The Bertz CT molecular complexity index is 988. The lowest BCUT2D eigenvalue weighted by Crippen LogP contribution is -2.35. The third-order valence-electron chi connectivity index (χ3n) is 5.22. The highest BCUT2D eigenvalue weighted by atomic mass is 16.2. The summed E-state index contributed by atoms with van der Waals surface area (Å²) in [4.78, 5) is 14.7. The zero-order valence-corrected chi connectivity index (χ0v) is 14.7. The van der Waals surface area contributed by atoms with Crippen molar-refractivity contribution < 1.29 is 4.79 Å². The second-order valence-electron chi connectivity index (χ2n) is 7.05. The van der Waals surface area contributed by atoms with Crippen molar-refractivity contribution in [1.82, 2.24) is 34.5 Å². The first-order valence-electron chi connectivity index (χ1n) is 8.86. The summed E-state index contributed by atoms with van der Waals surface area (Å²) in [6, 6.07) is 6.01. The van der Waals surface area contributed by atoms with E-state index in [1.165, 1.54) is 0 Å². The van der Waals surface area contributed by atoms with Crippen LogP contribution in [0.4, 0.5) is 5.82 Å². The van der Waals surface area contributed by atoms with Crippen LogP contribution >= 0.6 is 0 Å². The van der Waals surface area contributed by atoms with E-state index < -0.39 is 0 Å². The van der Waals surface area contributed by atoms with Crippen molar-refractivity contribution >= 4 is 17.4 Å². The molecule has 0 radical (unpaired) electrons. The number of aromatic nitrogens is 6. The van der Waals surface area contributed by atoms with E-state index in [9.17, 15) is 4.79 Å². The van der Waals surface area contributed by atoms with Crippen LogP contribution in [0, 0.1) is 6.92 Å². The first-order valence-corrected chi connectivity index (χ1v) is 8.86. The molecule has 2 aliphatic rings. The van der Waals surface area contributed by atoms with Crippen LogP contribution in [-0.2, 0) is 11.8 Å². The normalized spacial score (nSPS) is 23.2. The van der Waals surface area contributed by atoms with Gasteiger partial charge in [-0.1, -0.05) is 0 Å². The molecule has 5 rings (SSSR count). The zero-order chi connectivity index (χ0) is 17.8. The van der Waals surface area contributed by atoms with Gasteiger partial charge in [-0.2, -0.15) is 9.61 Å². The maximum Gasteiger partial charge on any atom is 0.225 e. The number of anilines is 1. The van der Waals surface area contributed by atoms with Crippen LogP contribution < -0.4 is 5.32 Å². The van der Waals surface area contributed by atoms with E-state index in [4.69, 9.17) is 0 Å². The van der Waals surface area contributed by atoms with Crippen LogP contribution in [0.2, 0.25) is 0 Å². The van der Waals surface area contributed by atoms with Gasteiger partial charge < -0.3 is 10.2 Å². The summed E-state index contributed by atoms with van der Waals surface area (Å²) < 4.78 is 3.56. The number of fused-ring (bicyclic) bond motifs is 1. The summed E-state index contributed by atoms with van der Waals surface area (Å²) in [6.45, 7) is 1.86. The van der Waals surface area contributed by atoms with E-state index in [0.29, 0.717) is 23.9 Å². The fourth-order valence-corrected chi connectivity index (χ4v) is 3.85. The Kier molecular flexibility index (Phi) is 3.25. The average Bonchev–Trinajstić information content (AvgIpc) is 3.15. The molecule has 3 aromatic rings. The highest BCUT2D eigenvalue weighted by Crippen LogP contribution is 2.42. The first-order chi connectivity index (χ1) is 12.6. The molecule has 1 aliphatic carbocycles. The Morgan fingerprint density at radius 3 is 2.77 bits per heavy atom. The van der Waals surface area contributed by atoms with Crippen LogP contribution in [0.15, 0.2) is 24.4 Å². The van der Waals surface area contributed by atoms with E-state index in [1.54, 1.807) is 10.7 Å². The van der Waals surface area contributed by atoms with Gasteiger partial charge in [0.2, 0.25) is 5.91 Å². The molecular weight excluding hydrogens is 332 g/mol. The van der Waals surface area contributed by atoms with Crippen molar-refractivity contribution in [3.8, 4) is 0 Å². The Hall–Kier alpha value is -2.97. The molecule has 2 atom stereocenters. The number of hydrogen-bond acceptors (Lipinski definition) is 6. The number of hydrogen-bond donors (Lipinski definition) is 1. The topological polar surface area (TPSA) is 93.2 Å². The summed E-state index contributed by atoms with van der Waals surface area (Å²) in [6.07, 6.45) is 4.40. The third-order valence-corrected chi connectivity index (χ3v) is 5.22. The molecule has 26 heavy (non-hydrogen) atoms. The standard InChI is InChI=1S/C17H20N8O/c1-10-20-21-15-6-5-14(22-25(10)15)19-12-9-16(26)24(11-3-4-11)17(12)13-7-8-18-23(13)2/h5-8,11-12,17H,3-4,9H2,1-2H3,(H,19,22)/t12-,17-/m1/s1. The lowest BCUT2D eigenvalue weighted by Gasteiger charge is -2.29. The summed E-state index contributed by atoms with van der Waals surface area (Å²) >= 11 is 0. The van der Waals surface area contributed by atoms with Gasteiger partial charge in [-0.25, -0.2) is 0 Å². The number of carbonyl (C=O) groups is 1. The zero-order valence-electron chi connectivity index (χ0n) is 14.7. The maximum atomic E-state index is 12.7. The molecule has 9 heteroatoms. The van der Waals surface area contributed by atoms with Gasteiger partial charge in [-0.05, 0) is 38.0 Å². The Morgan fingerprint density at radius 2 is 2.04 bits per heavy atom. The van der Waals surface area contributed by atoms with E-state index in [0.717, 1.165) is 24.4 Å². The quantitative estimate of drug-likeness (QED) is 0.755. The monoisotopic (exact) mass is 352 g/mol. The third kappa shape index (κ3) is 2.34. The Balaban J connectivity index is 1.50. The summed E-state index contributed by atoms with van der Waals surface area (Å²) in [5.41, 5.74) is 1.75. The molecule has 2 fully saturated rings. The van der Waals surface area contributed by atoms with E-state index in [1.807, 2.05) is 41.8 Å². The summed E-state index contributed by atoms with van der Waals surface area (Å²) in [7, 11) is 1.92. The summed E-state index contributed by atoms with van der Waals surface area (Å²) in [5, 5.41) is 20.4. The van der Waals surface area contributed by atoms with Gasteiger partial charge in [-0.3, -0.25) is 9.48 Å². The lowest BCUT2D eigenvalue weighted by atomic mass is 10.1. The summed E-state index contributed by atoms with van der Waals surface area (Å²) in [5.74, 6) is 1.63. The van der Waals surface area contributed by atoms with Crippen LogP contribution in [0.5, 0.6) is 0 Å². The van der Waals surface area contributed by atoms with Gasteiger partial charge in [0.15, 0.2) is 11.5 Å². The molecule has 4 heterocycles. The maximum absolute atomic E-state index is 12.7. The van der Waals surface area contributed by atoms with Crippen molar-refractivity contribution in [2.75, 3.05) is 5.32 Å². The predicted molar refractivity (Wildman–Crippen MR) is 93.4 cm³/mol. The molecule has 1 N–H and O–H groups in total. The molecule has 0 aromatic carbocycles. The van der Waals surface area contributed by atoms with Crippen molar-refractivity contribution in [3.63, 3.8) is 0 Å². The minimum absolute atomic E-state index is 0.0398. The van der Waals surface area contributed by atoms with Crippen LogP contribution in [-0.4, -0.2) is 52.5 Å². The first kappa shape index (κ1) is 15.3. The second-order valence-corrected chi connectivity index (χ2v) is 7.05. The number of aryl methyl sites for hydroxylation is 2. The lowest BCUT2D eigenvalue weighted by molar-refractivity contribution is -0.129. The smallest absolute Gasteiger partial charge is 0.225 e. The molecule has 1 aliphatic heterocycles. The van der Waals surface area contributed by atoms with Gasteiger partial charge in [0, 0.05) is 25.7 Å². The molecule has 1 saturated carbocycles. The molecule has 1 saturated heterocycles. The number of nitrogens with zero attached hydrogens (tertiary/aromatic N) is 7. The number of rotatable bonds is 4. The van der Waals surface area contributed by atoms with Gasteiger partial charge >= 0.3 is 0 Å². The average molecular weight is 352 g/mol.